The summed E-state index contributed by atoms with van der Waals surface area (Å²) in [6.45, 7) is 1.82. The van der Waals surface area contributed by atoms with Crippen molar-refractivity contribution in [2.24, 2.45) is 0 Å². The molecule has 1 N–H and O–H groups in total. The van der Waals surface area contributed by atoms with Crippen LogP contribution in [0.5, 0.6) is 5.75 Å². The number of fused-ring (bicyclic) bond motifs is 1. The van der Waals surface area contributed by atoms with E-state index in [1.54, 1.807) is 0 Å². The smallest absolute Gasteiger partial charge is 0.140 e. The van der Waals surface area contributed by atoms with Crippen LogP contribution in [0.2, 0.25) is 0 Å². The predicted molar refractivity (Wildman–Crippen MR) is 65.0 cm³/mol. The lowest BCUT2D eigenvalue weighted by Gasteiger charge is -2.21. The van der Waals surface area contributed by atoms with Crippen LogP contribution in [0.15, 0.2) is 12.1 Å². The Morgan fingerprint density at radius 2 is 2.29 bits per heavy atom. The minimum absolute atomic E-state index is 0.425. The fourth-order valence-corrected chi connectivity index (χ4v) is 2.76. The van der Waals surface area contributed by atoms with Gasteiger partial charge in [0.2, 0.25) is 0 Å². The standard InChI is InChI=1S/C14H16N2O/c15-9-12-8-11(13-4-1-5-16-13)7-10-3-2-6-17-14(10)12/h7-8,13,16H,1-6H2/t13-/m1/s1. The van der Waals surface area contributed by atoms with E-state index in [0.29, 0.717) is 11.6 Å². The molecule has 0 radical (unpaired) electrons. The summed E-state index contributed by atoms with van der Waals surface area (Å²) in [4.78, 5) is 0. The molecular formula is C14H16N2O. The quantitative estimate of drug-likeness (QED) is 0.802. The molecule has 3 nitrogen and oxygen atoms in total. The third-order valence-electron chi connectivity index (χ3n) is 3.61. The van der Waals surface area contributed by atoms with Gasteiger partial charge in [-0.15, -0.1) is 0 Å². The summed E-state index contributed by atoms with van der Waals surface area (Å²) in [7, 11) is 0. The van der Waals surface area contributed by atoms with Gasteiger partial charge in [0.25, 0.3) is 0 Å². The van der Waals surface area contributed by atoms with Gasteiger partial charge in [0.15, 0.2) is 0 Å². The van der Waals surface area contributed by atoms with Gasteiger partial charge in [-0.25, -0.2) is 0 Å². The van der Waals surface area contributed by atoms with E-state index in [1.807, 2.05) is 6.07 Å². The molecule has 3 rings (SSSR count). The Hall–Kier alpha value is -1.53. The number of hydrogen-bond donors (Lipinski definition) is 1. The lowest BCUT2D eigenvalue weighted by Crippen LogP contribution is -2.15. The molecule has 2 aliphatic rings. The average molecular weight is 228 g/mol. The SMILES string of the molecule is N#Cc1cc([C@H]2CCCN2)cc2c1OCCC2. The average Bonchev–Trinajstić information content (AvgIpc) is 2.91. The number of benzene rings is 1. The van der Waals surface area contributed by atoms with Crippen LogP contribution in [0.3, 0.4) is 0 Å². The summed E-state index contributed by atoms with van der Waals surface area (Å²) >= 11 is 0. The van der Waals surface area contributed by atoms with Gasteiger partial charge in [0.1, 0.15) is 11.8 Å². The van der Waals surface area contributed by atoms with E-state index in [1.165, 1.54) is 24.0 Å². The first-order valence-electron chi connectivity index (χ1n) is 6.31. The molecule has 1 aromatic rings. The van der Waals surface area contributed by atoms with Gasteiger partial charge in [0.05, 0.1) is 12.2 Å². The molecule has 1 atom stereocenters. The lowest BCUT2D eigenvalue weighted by atomic mass is 9.95. The molecular weight excluding hydrogens is 212 g/mol. The normalized spacial score (nSPS) is 22.6. The van der Waals surface area contributed by atoms with E-state index in [4.69, 9.17) is 4.74 Å². The third kappa shape index (κ3) is 1.89. The van der Waals surface area contributed by atoms with Gasteiger partial charge >= 0.3 is 0 Å². The Balaban J connectivity index is 2.03. The molecule has 2 aliphatic heterocycles. The Morgan fingerprint density at radius 3 is 3.06 bits per heavy atom. The number of nitrogens with zero attached hydrogens (tertiary/aromatic N) is 1. The molecule has 17 heavy (non-hydrogen) atoms. The first-order chi connectivity index (χ1) is 8.38. The van der Waals surface area contributed by atoms with Crippen molar-refractivity contribution in [3.8, 4) is 11.8 Å². The Bertz CT molecular complexity index is 470. The van der Waals surface area contributed by atoms with E-state index in [9.17, 15) is 5.26 Å². The van der Waals surface area contributed by atoms with Gasteiger partial charge in [-0.05, 0) is 49.4 Å². The molecule has 0 saturated carbocycles. The lowest BCUT2D eigenvalue weighted by molar-refractivity contribution is 0.287. The van der Waals surface area contributed by atoms with Crippen molar-refractivity contribution >= 4 is 0 Å². The maximum absolute atomic E-state index is 9.21. The zero-order valence-corrected chi connectivity index (χ0v) is 9.83. The highest BCUT2D eigenvalue weighted by Gasteiger charge is 2.21. The predicted octanol–water partition coefficient (Wildman–Crippen LogP) is 2.31. The molecule has 0 bridgehead atoms. The fourth-order valence-electron chi connectivity index (χ4n) is 2.76. The second-order valence-electron chi connectivity index (χ2n) is 4.77. The second kappa shape index (κ2) is 4.38. The molecule has 0 aliphatic carbocycles. The van der Waals surface area contributed by atoms with E-state index in [2.05, 4.69) is 17.5 Å². The van der Waals surface area contributed by atoms with Crippen molar-refractivity contribution in [1.82, 2.24) is 5.32 Å². The highest BCUT2D eigenvalue weighted by atomic mass is 16.5. The Labute approximate surface area is 101 Å². The zero-order valence-electron chi connectivity index (χ0n) is 9.83. The maximum atomic E-state index is 9.21. The monoisotopic (exact) mass is 228 g/mol. The van der Waals surface area contributed by atoms with E-state index in [0.717, 1.165) is 31.7 Å². The van der Waals surface area contributed by atoms with Gasteiger partial charge in [-0.3, -0.25) is 0 Å². The molecule has 1 fully saturated rings. The topological polar surface area (TPSA) is 45.0 Å². The fraction of sp³-hybridized carbons (Fsp3) is 0.500. The third-order valence-corrected chi connectivity index (χ3v) is 3.61. The molecule has 3 heteroatoms. The van der Waals surface area contributed by atoms with Crippen molar-refractivity contribution in [3.05, 3.63) is 28.8 Å². The molecule has 2 heterocycles. The van der Waals surface area contributed by atoms with Crippen LogP contribution in [0, 0.1) is 11.3 Å². The van der Waals surface area contributed by atoms with Crippen molar-refractivity contribution in [3.63, 3.8) is 0 Å². The summed E-state index contributed by atoms with van der Waals surface area (Å²) in [6.07, 6.45) is 4.48. The Morgan fingerprint density at radius 1 is 1.35 bits per heavy atom. The van der Waals surface area contributed by atoms with Crippen LogP contribution in [-0.4, -0.2) is 13.2 Å². The number of nitrogens with one attached hydrogen (secondary N) is 1. The first-order valence-corrected chi connectivity index (χ1v) is 6.31. The largest absolute Gasteiger partial charge is 0.492 e. The number of aryl methyl sites for hydroxylation is 1. The summed E-state index contributed by atoms with van der Waals surface area (Å²) < 4.78 is 5.62. The number of nitriles is 1. The first kappa shape index (κ1) is 10.6. The summed E-state index contributed by atoms with van der Waals surface area (Å²) in [6, 6.07) is 6.91. The Kier molecular flexibility index (Phi) is 2.74. The summed E-state index contributed by atoms with van der Waals surface area (Å²) in [5.74, 6) is 0.820. The van der Waals surface area contributed by atoms with Crippen molar-refractivity contribution in [1.29, 1.82) is 5.26 Å². The molecule has 88 valence electrons. The molecule has 0 aromatic heterocycles. The van der Waals surface area contributed by atoms with Crippen LogP contribution in [0.25, 0.3) is 0 Å². The minimum Gasteiger partial charge on any atom is -0.492 e. The van der Waals surface area contributed by atoms with E-state index < -0.39 is 0 Å². The number of hydrogen-bond acceptors (Lipinski definition) is 3. The summed E-state index contributed by atoms with van der Waals surface area (Å²) in [5.41, 5.74) is 3.16. The summed E-state index contributed by atoms with van der Waals surface area (Å²) in [5, 5.41) is 12.7. The van der Waals surface area contributed by atoms with E-state index in [-0.39, 0.29) is 0 Å². The highest BCUT2D eigenvalue weighted by Crippen LogP contribution is 2.33. The minimum atomic E-state index is 0.425. The highest BCUT2D eigenvalue weighted by molar-refractivity contribution is 5.52. The van der Waals surface area contributed by atoms with Crippen LogP contribution in [0.1, 0.15) is 42.0 Å². The van der Waals surface area contributed by atoms with E-state index >= 15 is 0 Å². The maximum Gasteiger partial charge on any atom is 0.140 e. The number of ether oxygens (including phenoxy) is 1. The van der Waals surface area contributed by atoms with Gasteiger partial charge in [-0.1, -0.05) is 6.07 Å². The molecule has 0 unspecified atom stereocenters. The molecule has 1 saturated heterocycles. The molecule has 1 aromatic carbocycles. The van der Waals surface area contributed by atoms with Gasteiger partial charge in [-0.2, -0.15) is 5.26 Å². The van der Waals surface area contributed by atoms with Crippen LogP contribution in [-0.2, 0) is 6.42 Å². The van der Waals surface area contributed by atoms with Crippen LogP contribution in [0.4, 0.5) is 0 Å². The van der Waals surface area contributed by atoms with Crippen molar-refractivity contribution in [2.75, 3.05) is 13.2 Å². The van der Waals surface area contributed by atoms with Crippen molar-refractivity contribution in [2.45, 2.75) is 31.7 Å². The van der Waals surface area contributed by atoms with Gasteiger partial charge < -0.3 is 10.1 Å². The molecule has 0 spiro atoms. The number of rotatable bonds is 1. The zero-order chi connectivity index (χ0) is 11.7. The molecule has 0 amide bonds. The van der Waals surface area contributed by atoms with Crippen LogP contribution < -0.4 is 10.1 Å². The van der Waals surface area contributed by atoms with Gasteiger partial charge in [0, 0.05) is 6.04 Å². The second-order valence-corrected chi connectivity index (χ2v) is 4.77. The van der Waals surface area contributed by atoms with Crippen molar-refractivity contribution < 1.29 is 4.74 Å². The van der Waals surface area contributed by atoms with Crippen LogP contribution >= 0.6 is 0 Å².